The summed E-state index contributed by atoms with van der Waals surface area (Å²) in [7, 11) is 0. The van der Waals surface area contributed by atoms with E-state index < -0.39 is 0 Å². The van der Waals surface area contributed by atoms with E-state index in [2.05, 4.69) is 61.4 Å². The van der Waals surface area contributed by atoms with Gasteiger partial charge in [0.05, 0.1) is 47.6 Å². The maximum Gasteiger partial charge on any atom is 0.256 e. The Kier molecular flexibility index (Phi) is 6.47. The van der Waals surface area contributed by atoms with Crippen molar-refractivity contribution in [1.29, 1.82) is 0 Å². The van der Waals surface area contributed by atoms with Crippen LogP contribution in [0.4, 0.5) is 5.69 Å². The molecule has 1 aliphatic heterocycles. The number of H-pyrrole nitrogens is 2. The highest BCUT2D eigenvalue weighted by atomic mass is 16.5. The van der Waals surface area contributed by atoms with Gasteiger partial charge in [0.1, 0.15) is 0 Å². The van der Waals surface area contributed by atoms with Crippen LogP contribution in [0.5, 0.6) is 0 Å². The van der Waals surface area contributed by atoms with Crippen LogP contribution in [0.2, 0.25) is 0 Å². The summed E-state index contributed by atoms with van der Waals surface area (Å²) in [5, 5.41) is 12.7. The molecule has 6 heterocycles. The number of rotatable bonds is 7. The summed E-state index contributed by atoms with van der Waals surface area (Å²) in [5.74, 6) is 0.600. The van der Waals surface area contributed by atoms with Gasteiger partial charge in [0, 0.05) is 66.3 Å². The van der Waals surface area contributed by atoms with Crippen molar-refractivity contribution in [2.24, 2.45) is 5.92 Å². The van der Waals surface area contributed by atoms with Gasteiger partial charge in [-0.1, -0.05) is 13.8 Å². The minimum absolute atomic E-state index is 0.0373. The van der Waals surface area contributed by atoms with E-state index in [1.807, 2.05) is 29.6 Å². The Hall–Kier alpha value is -4.31. The molecule has 0 bridgehead atoms. The van der Waals surface area contributed by atoms with E-state index in [4.69, 9.17) is 4.74 Å². The van der Waals surface area contributed by atoms with E-state index >= 15 is 0 Å². The number of aromatic nitrogens is 6. The van der Waals surface area contributed by atoms with Gasteiger partial charge in [0.25, 0.3) is 5.91 Å². The number of anilines is 1. The fourth-order valence-corrected chi connectivity index (χ4v) is 4.76. The lowest BCUT2D eigenvalue weighted by Crippen LogP contribution is -2.40. The first-order valence-corrected chi connectivity index (χ1v) is 12.9. The van der Waals surface area contributed by atoms with Crippen molar-refractivity contribution in [2.45, 2.75) is 20.3 Å². The lowest BCUT2D eigenvalue weighted by Gasteiger charge is -2.26. The highest BCUT2D eigenvalue weighted by Crippen LogP contribution is 2.32. The number of aromatic amines is 2. The minimum Gasteiger partial charge on any atom is -0.384 e. The Bertz CT molecular complexity index is 1600. The Morgan fingerprint density at radius 1 is 1.03 bits per heavy atom. The van der Waals surface area contributed by atoms with Crippen molar-refractivity contribution in [2.75, 3.05) is 38.2 Å². The standard InChI is InChI=1S/C28H30N8O2/c1-17(2)3-4-31-20-9-18(12-29-14-20)19-10-22-26(34-35-27(22)32-13-19)24-11-21-23(15-30-16-25(21)33-24)28(37)36-5-7-38-8-6-36/h9-17,31,33H,3-8H2,1-2H3,(H,32,34,35). The zero-order valence-corrected chi connectivity index (χ0v) is 21.5. The molecule has 0 aromatic carbocycles. The summed E-state index contributed by atoms with van der Waals surface area (Å²) in [5.41, 5.74) is 6.49. The average Bonchev–Trinajstić information content (AvgIpc) is 3.57. The number of fused-ring (bicyclic) bond motifs is 2. The first kappa shape index (κ1) is 24.1. The zero-order valence-electron chi connectivity index (χ0n) is 21.5. The molecule has 38 heavy (non-hydrogen) atoms. The lowest BCUT2D eigenvalue weighted by molar-refractivity contribution is 0.0304. The molecular weight excluding hydrogens is 480 g/mol. The number of morpholine rings is 1. The number of carbonyl (C=O) groups is 1. The molecule has 6 rings (SSSR count). The SMILES string of the molecule is CC(C)CCNc1cncc(-c2cnc3n[nH]c(-c4cc5c(C(=O)N6CCOCC6)cncc5[nH]4)c3c2)c1. The summed E-state index contributed by atoms with van der Waals surface area (Å²) in [6.07, 6.45) is 9.96. The predicted octanol–water partition coefficient (Wildman–Crippen LogP) is 4.49. The van der Waals surface area contributed by atoms with Crippen molar-refractivity contribution in [3.63, 3.8) is 0 Å². The second-order valence-electron chi connectivity index (χ2n) is 10.0. The van der Waals surface area contributed by atoms with E-state index in [9.17, 15) is 4.79 Å². The highest BCUT2D eigenvalue weighted by molar-refractivity contribution is 6.07. The molecule has 10 heteroatoms. The largest absolute Gasteiger partial charge is 0.384 e. The van der Waals surface area contributed by atoms with Crippen LogP contribution in [0.3, 0.4) is 0 Å². The van der Waals surface area contributed by atoms with Crippen molar-refractivity contribution in [3.8, 4) is 22.5 Å². The molecule has 0 radical (unpaired) electrons. The smallest absolute Gasteiger partial charge is 0.256 e. The Morgan fingerprint density at radius 3 is 2.68 bits per heavy atom. The fraction of sp³-hybridized carbons (Fsp3) is 0.321. The zero-order chi connectivity index (χ0) is 26.1. The van der Waals surface area contributed by atoms with Crippen LogP contribution in [-0.2, 0) is 4.74 Å². The average molecular weight is 511 g/mol. The molecule has 5 aromatic rings. The quantitative estimate of drug-likeness (QED) is 0.295. The molecule has 194 valence electrons. The molecule has 0 aliphatic carbocycles. The second-order valence-corrected chi connectivity index (χ2v) is 10.0. The van der Waals surface area contributed by atoms with Gasteiger partial charge in [-0.25, -0.2) is 4.98 Å². The predicted molar refractivity (Wildman–Crippen MR) is 147 cm³/mol. The number of hydrogen-bond donors (Lipinski definition) is 3. The molecule has 1 aliphatic rings. The van der Waals surface area contributed by atoms with Gasteiger partial charge in [-0.2, -0.15) is 5.10 Å². The number of ether oxygens (including phenoxy) is 1. The number of pyridine rings is 3. The van der Waals surface area contributed by atoms with E-state index in [1.54, 1.807) is 12.4 Å². The molecule has 1 saturated heterocycles. The van der Waals surface area contributed by atoms with E-state index in [-0.39, 0.29) is 5.91 Å². The molecule has 0 spiro atoms. The van der Waals surface area contributed by atoms with Gasteiger partial charge < -0.3 is 19.9 Å². The Balaban J connectivity index is 1.33. The van der Waals surface area contributed by atoms with Crippen LogP contribution in [0, 0.1) is 5.92 Å². The summed E-state index contributed by atoms with van der Waals surface area (Å²) in [6, 6.07) is 6.14. The number of nitrogens with zero attached hydrogens (tertiary/aromatic N) is 5. The van der Waals surface area contributed by atoms with Crippen LogP contribution in [0.1, 0.15) is 30.6 Å². The molecule has 10 nitrogen and oxygen atoms in total. The van der Waals surface area contributed by atoms with Crippen molar-refractivity contribution >= 4 is 33.5 Å². The number of carbonyl (C=O) groups excluding carboxylic acids is 1. The number of hydrogen-bond acceptors (Lipinski definition) is 7. The van der Waals surface area contributed by atoms with Gasteiger partial charge in [-0.3, -0.25) is 19.9 Å². The maximum atomic E-state index is 13.2. The molecule has 0 atom stereocenters. The Labute approximate surface area is 219 Å². The molecule has 0 unspecified atom stereocenters. The summed E-state index contributed by atoms with van der Waals surface area (Å²) >= 11 is 0. The molecule has 0 saturated carbocycles. The van der Waals surface area contributed by atoms with E-state index in [1.165, 1.54) is 0 Å². The summed E-state index contributed by atoms with van der Waals surface area (Å²) in [6.45, 7) is 7.59. The Morgan fingerprint density at radius 2 is 1.84 bits per heavy atom. The van der Waals surface area contributed by atoms with Crippen molar-refractivity contribution in [3.05, 3.63) is 54.7 Å². The topological polar surface area (TPSA) is 125 Å². The third-order valence-corrected chi connectivity index (χ3v) is 6.88. The van der Waals surface area contributed by atoms with E-state index in [0.29, 0.717) is 43.4 Å². The van der Waals surface area contributed by atoms with Gasteiger partial charge in [-0.15, -0.1) is 0 Å². The van der Waals surface area contributed by atoms with Crippen LogP contribution in [0.15, 0.2) is 49.2 Å². The molecule has 1 amide bonds. The van der Waals surface area contributed by atoms with Gasteiger partial charge in [0.2, 0.25) is 0 Å². The third kappa shape index (κ3) is 4.70. The van der Waals surface area contributed by atoms with Crippen molar-refractivity contribution < 1.29 is 9.53 Å². The van der Waals surface area contributed by atoms with Crippen molar-refractivity contribution in [1.82, 2.24) is 35.0 Å². The molecular formula is C28H30N8O2. The van der Waals surface area contributed by atoms with E-state index in [0.717, 1.165) is 57.5 Å². The summed E-state index contributed by atoms with van der Waals surface area (Å²) < 4.78 is 5.40. The van der Waals surface area contributed by atoms with Gasteiger partial charge in [0.15, 0.2) is 5.65 Å². The number of nitrogens with one attached hydrogen (secondary N) is 3. The summed E-state index contributed by atoms with van der Waals surface area (Å²) in [4.78, 5) is 31.8. The maximum absolute atomic E-state index is 13.2. The molecule has 3 N–H and O–H groups in total. The lowest BCUT2D eigenvalue weighted by atomic mass is 10.1. The van der Waals surface area contributed by atoms with Crippen LogP contribution >= 0.6 is 0 Å². The number of amides is 1. The van der Waals surface area contributed by atoms with Crippen LogP contribution in [0.25, 0.3) is 44.5 Å². The van der Waals surface area contributed by atoms with Crippen LogP contribution in [-0.4, -0.2) is 73.8 Å². The monoisotopic (exact) mass is 510 g/mol. The van der Waals surface area contributed by atoms with Crippen LogP contribution < -0.4 is 5.32 Å². The fourth-order valence-electron chi connectivity index (χ4n) is 4.76. The highest BCUT2D eigenvalue weighted by Gasteiger charge is 2.22. The molecule has 5 aromatic heterocycles. The molecule has 1 fully saturated rings. The second kappa shape index (κ2) is 10.2. The van der Waals surface area contributed by atoms with Gasteiger partial charge in [-0.05, 0) is 30.5 Å². The van der Waals surface area contributed by atoms with Gasteiger partial charge >= 0.3 is 0 Å². The third-order valence-electron chi connectivity index (χ3n) is 6.88. The normalized spacial score (nSPS) is 14.0. The first-order chi connectivity index (χ1) is 18.6. The first-order valence-electron chi connectivity index (χ1n) is 12.9. The minimum atomic E-state index is -0.0373.